The Morgan fingerprint density at radius 3 is 2.48 bits per heavy atom. The largest absolute Gasteiger partial charge is 0.360 e. The summed E-state index contributed by atoms with van der Waals surface area (Å²) in [6, 6.07) is 12.9. The molecule has 0 unspecified atom stereocenters. The van der Waals surface area contributed by atoms with E-state index in [1.807, 2.05) is 13.0 Å². The zero-order valence-electron chi connectivity index (χ0n) is 16.5. The molecule has 7 nitrogen and oxygen atoms in total. The van der Waals surface area contributed by atoms with Gasteiger partial charge in [0.2, 0.25) is 0 Å². The van der Waals surface area contributed by atoms with Crippen molar-refractivity contribution in [3.8, 4) is 0 Å². The van der Waals surface area contributed by atoms with Crippen molar-refractivity contribution in [1.82, 2.24) is 4.90 Å². The first-order valence-electron chi connectivity index (χ1n) is 9.81. The first kappa shape index (κ1) is 20.7. The van der Waals surface area contributed by atoms with Crippen molar-refractivity contribution < 1.29 is 19.0 Å². The minimum atomic E-state index is -0.402. The predicted octanol–water partition coefficient (Wildman–Crippen LogP) is 1.49. The van der Waals surface area contributed by atoms with Crippen molar-refractivity contribution in [2.45, 2.75) is 13.5 Å². The number of piperazine rings is 1. The zero-order chi connectivity index (χ0) is 20.8. The van der Waals surface area contributed by atoms with E-state index >= 15 is 0 Å². The third-order valence-corrected chi connectivity index (χ3v) is 5.29. The number of amides is 1. The second kappa shape index (κ2) is 9.47. The molecule has 0 atom stereocenters. The SMILES string of the molecule is CCN(Cc1cccc(F)c1)C(=O)C[NH+]1CCN(c2ccc([N+](=O)[O-])cc2)CC1. The van der Waals surface area contributed by atoms with E-state index in [1.54, 1.807) is 23.1 Å². The molecule has 0 saturated carbocycles. The number of rotatable bonds is 7. The van der Waals surface area contributed by atoms with Gasteiger partial charge in [-0.2, -0.15) is 0 Å². The Hall–Kier alpha value is -3.00. The van der Waals surface area contributed by atoms with Gasteiger partial charge in [0.25, 0.3) is 11.6 Å². The van der Waals surface area contributed by atoms with Crippen molar-refractivity contribution in [2.75, 3.05) is 44.2 Å². The van der Waals surface area contributed by atoms with Crippen molar-refractivity contribution in [1.29, 1.82) is 0 Å². The minimum Gasteiger partial charge on any atom is -0.360 e. The quantitative estimate of drug-likeness (QED) is 0.564. The van der Waals surface area contributed by atoms with Gasteiger partial charge in [-0.05, 0) is 36.8 Å². The fourth-order valence-electron chi connectivity index (χ4n) is 3.60. The maximum Gasteiger partial charge on any atom is 0.278 e. The molecule has 1 aliphatic heterocycles. The monoisotopic (exact) mass is 401 g/mol. The molecule has 8 heteroatoms. The molecule has 0 bridgehead atoms. The molecule has 3 rings (SSSR count). The lowest BCUT2D eigenvalue weighted by atomic mass is 10.2. The standard InChI is InChI=1S/C21H25FN4O3/c1-2-24(15-17-4-3-5-18(22)14-17)21(27)16-23-10-12-25(13-11-23)19-6-8-20(9-7-19)26(28)29/h3-9,14H,2,10-13,15-16H2,1H3/p+1. The number of nitrogens with zero attached hydrogens (tertiary/aromatic N) is 3. The summed E-state index contributed by atoms with van der Waals surface area (Å²) in [5.74, 6) is -0.227. The number of carbonyl (C=O) groups is 1. The van der Waals surface area contributed by atoms with Crippen LogP contribution in [-0.2, 0) is 11.3 Å². The molecule has 0 radical (unpaired) electrons. The van der Waals surface area contributed by atoms with Crippen LogP contribution in [0.2, 0.25) is 0 Å². The van der Waals surface area contributed by atoms with Gasteiger partial charge < -0.3 is 14.7 Å². The minimum absolute atomic E-state index is 0.0653. The Labute approximate surface area is 169 Å². The molecule has 1 aliphatic rings. The smallest absolute Gasteiger partial charge is 0.278 e. The van der Waals surface area contributed by atoms with Gasteiger partial charge in [-0.3, -0.25) is 14.9 Å². The molecule has 154 valence electrons. The third-order valence-electron chi connectivity index (χ3n) is 5.29. The summed E-state index contributed by atoms with van der Waals surface area (Å²) in [6.45, 7) is 6.55. The Kier molecular flexibility index (Phi) is 6.77. The van der Waals surface area contributed by atoms with Crippen LogP contribution in [0, 0.1) is 15.9 Å². The summed E-state index contributed by atoms with van der Waals surface area (Å²) in [5.41, 5.74) is 1.84. The Morgan fingerprint density at radius 1 is 1.21 bits per heavy atom. The number of hydrogen-bond acceptors (Lipinski definition) is 4. The van der Waals surface area contributed by atoms with Crippen LogP contribution in [-0.4, -0.2) is 55.0 Å². The number of quaternary nitrogens is 1. The van der Waals surface area contributed by atoms with E-state index < -0.39 is 4.92 Å². The number of nitro groups is 1. The van der Waals surface area contributed by atoms with E-state index in [2.05, 4.69) is 4.90 Å². The van der Waals surface area contributed by atoms with Crippen molar-refractivity contribution in [3.63, 3.8) is 0 Å². The number of halogens is 1. The van der Waals surface area contributed by atoms with Crippen molar-refractivity contribution >= 4 is 17.3 Å². The number of carbonyl (C=O) groups excluding carboxylic acids is 1. The first-order valence-corrected chi connectivity index (χ1v) is 9.81. The van der Waals surface area contributed by atoms with Crippen molar-refractivity contribution in [2.24, 2.45) is 0 Å². The number of anilines is 1. The molecule has 1 N–H and O–H groups in total. The maximum absolute atomic E-state index is 13.4. The number of likely N-dealkylation sites (N-methyl/N-ethyl adjacent to an activating group) is 1. The van der Waals surface area contributed by atoms with Gasteiger partial charge >= 0.3 is 0 Å². The van der Waals surface area contributed by atoms with Crippen LogP contribution in [0.1, 0.15) is 12.5 Å². The van der Waals surface area contributed by atoms with Crippen LogP contribution in [0.3, 0.4) is 0 Å². The number of nitro benzene ring substituents is 1. The zero-order valence-corrected chi connectivity index (χ0v) is 16.5. The molecule has 0 spiro atoms. The lowest BCUT2D eigenvalue weighted by molar-refractivity contribution is -0.892. The molecular formula is C21H26FN4O3+. The lowest BCUT2D eigenvalue weighted by Crippen LogP contribution is -3.15. The molecule has 1 amide bonds. The first-order chi connectivity index (χ1) is 14.0. The average molecular weight is 401 g/mol. The fraction of sp³-hybridized carbons (Fsp3) is 0.381. The molecule has 2 aromatic carbocycles. The Bertz CT molecular complexity index is 851. The highest BCUT2D eigenvalue weighted by atomic mass is 19.1. The number of benzene rings is 2. The van der Waals surface area contributed by atoms with Crippen LogP contribution in [0.15, 0.2) is 48.5 Å². The van der Waals surface area contributed by atoms with Gasteiger partial charge in [-0.25, -0.2) is 4.39 Å². The summed E-state index contributed by atoms with van der Waals surface area (Å²) < 4.78 is 13.4. The topological polar surface area (TPSA) is 71.1 Å². The van der Waals surface area contributed by atoms with Crippen LogP contribution >= 0.6 is 0 Å². The van der Waals surface area contributed by atoms with Crippen LogP contribution in [0.5, 0.6) is 0 Å². The van der Waals surface area contributed by atoms with Gasteiger partial charge in [0, 0.05) is 30.9 Å². The Balaban J connectivity index is 1.51. The molecule has 2 aromatic rings. The van der Waals surface area contributed by atoms with Gasteiger partial charge in [-0.15, -0.1) is 0 Å². The van der Waals surface area contributed by atoms with Crippen LogP contribution in [0.25, 0.3) is 0 Å². The summed E-state index contributed by atoms with van der Waals surface area (Å²) in [6.07, 6.45) is 0. The molecule has 0 aliphatic carbocycles. The summed E-state index contributed by atoms with van der Waals surface area (Å²) in [4.78, 5) is 28.2. The summed E-state index contributed by atoms with van der Waals surface area (Å²) in [5, 5.41) is 10.8. The van der Waals surface area contributed by atoms with Crippen molar-refractivity contribution in [3.05, 3.63) is 70.0 Å². The van der Waals surface area contributed by atoms with E-state index in [-0.39, 0.29) is 17.4 Å². The molecule has 1 fully saturated rings. The fourth-order valence-corrected chi connectivity index (χ4v) is 3.60. The summed E-state index contributed by atoms with van der Waals surface area (Å²) in [7, 11) is 0. The highest BCUT2D eigenvalue weighted by Gasteiger charge is 2.25. The van der Waals surface area contributed by atoms with E-state index in [9.17, 15) is 19.3 Å². The molecule has 0 aromatic heterocycles. The molecule has 1 heterocycles. The number of non-ortho nitro benzene ring substituents is 1. The molecule has 1 saturated heterocycles. The Morgan fingerprint density at radius 2 is 1.90 bits per heavy atom. The summed E-state index contributed by atoms with van der Waals surface area (Å²) >= 11 is 0. The average Bonchev–Trinajstić information content (AvgIpc) is 2.72. The predicted molar refractivity (Wildman–Crippen MR) is 108 cm³/mol. The molecule has 29 heavy (non-hydrogen) atoms. The van der Waals surface area contributed by atoms with E-state index in [0.717, 1.165) is 37.4 Å². The maximum atomic E-state index is 13.4. The van der Waals surface area contributed by atoms with E-state index in [4.69, 9.17) is 0 Å². The molecular weight excluding hydrogens is 375 g/mol. The number of nitrogens with one attached hydrogen (secondary N) is 1. The van der Waals surface area contributed by atoms with Gasteiger partial charge in [0.15, 0.2) is 6.54 Å². The van der Waals surface area contributed by atoms with Crippen LogP contribution in [0.4, 0.5) is 15.8 Å². The highest BCUT2D eigenvalue weighted by Crippen LogP contribution is 2.19. The highest BCUT2D eigenvalue weighted by molar-refractivity contribution is 5.77. The lowest BCUT2D eigenvalue weighted by Gasteiger charge is -2.34. The van der Waals surface area contributed by atoms with Gasteiger partial charge in [-0.1, -0.05) is 12.1 Å². The third kappa shape index (κ3) is 5.51. The second-order valence-electron chi connectivity index (χ2n) is 7.23. The normalized spacial score (nSPS) is 14.6. The second-order valence-corrected chi connectivity index (χ2v) is 7.23. The van der Waals surface area contributed by atoms with Crippen LogP contribution < -0.4 is 9.80 Å². The van der Waals surface area contributed by atoms with Gasteiger partial charge in [0.05, 0.1) is 31.1 Å². The van der Waals surface area contributed by atoms with E-state index in [0.29, 0.717) is 19.6 Å². The number of hydrogen-bond donors (Lipinski definition) is 1. The van der Waals surface area contributed by atoms with Gasteiger partial charge in [0.1, 0.15) is 5.82 Å². The van der Waals surface area contributed by atoms with E-state index in [1.165, 1.54) is 29.2 Å².